The fraction of sp³-hybridized carbons (Fsp3) is 0.389. The highest BCUT2D eigenvalue weighted by atomic mass is 16.6. The van der Waals surface area contributed by atoms with Crippen molar-refractivity contribution in [3.63, 3.8) is 0 Å². The molecule has 2 heterocycles. The van der Waals surface area contributed by atoms with E-state index < -0.39 is 0 Å². The molecule has 3 rings (SSSR count). The highest BCUT2D eigenvalue weighted by Gasteiger charge is 2.27. The Morgan fingerprint density at radius 3 is 2.50 bits per heavy atom. The molecular weight excluding hydrogens is 338 g/mol. The SMILES string of the molecule is CCOC(=O)N1CCN(C(=O)c2c[nH]c3c(OC)cccc3c2=O)CC1. The average molecular weight is 359 g/mol. The number of piperazine rings is 1. The zero-order valence-electron chi connectivity index (χ0n) is 14.8. The number of nitrogens with zero attached hydrogens (tertiary/aromatic N) is 2. The van der Waals surface area contributed by atoms with E-state index in [4.69, 9.17) is 9.47 Å². The number of aromatic amines is 1. The number of fused-ring (bicyclic) bond motifs is 1. The number of methoxy groups -OCH3 is 1. The monoisotopic (exact) mass is 359 g/mol. The van der Waals surface area contributed by atoms with Crippen LogP contribution in [0.1, 0.15) is 17.3 Å². The summed E-state index contributed by atoms with van der Waals surface area (Å²) in [4.78, 5) is 43.4. The van der Waals surface area contributed by atoms with Gasteiger partial charge >= 0.3 is 6.09 Å². The first-order valence-corrected chi connectivity index (χ1v) is 8.46. The first-order valence-electron chi connectivity index (χ1n) is 8.46. The van der Waals surface area contributed by atoms with Gasteiger partial charge in [-0.2, -0.15) is 0 Å². The second-order valence-electron chi connectivity index (χ2n) is 5.89. The number of carbonyl (C=O) groups is 2. The minimum Gasteiger partial charge on any atom is -0.495 e. The van der Waals surface area contributed by atoms with Crippen LogP contribution in [0.15, 0.2) is 29.2 Å². The van der Waals surface area contributed by atoms with Gasteiger partial charge in [0.1, 0.15) is 11.3 Å². The molecule has 8 heteroatoms. The van der Waals surface area contributed by atoms with Gasteiger partial charge in [-0.1, -0.05) is 6.07 Å². The van der Waals surface area contributed by atoms with E-state index in [1.807, 2.05) is 0 Å². The summed E-state index contributed by atoms with van der Waals surface area (Å²) in [6.07, 6.45) is 1.04. The van der Waals surface area contributed by atoms with E-state index in [1.54, 1.807) is 34.9 Å². The summed E-state index contributed by atoms with van der Waals surface area (Å²) >= 11 is 0. The Hall–Kier alpha value is -3.03. The molecule has 26 heavy (non-hydrogen) atoms. The maximum Gasteiger partial charge on any atom is 0.409 e. The van der Waals surface area contributed by atoms with Crippen LogP contribution in [0.3, 0.4) is 0 Å². The molecule has 1 aliphatic rings. The number of para-hydroxylation sites is 1. The highest BCUT2D eigenvalue weighted by Crippen LogP contribution is 2.21. The van der Waals surface area contributed by atoms with E-state index in [1.165, 1.54) is 13.3 Å². The number of nitrogens with one attached hydrogen (secondary N) is 1. The predicted molar refractivity (Wildman–Crippen MR) is 95.6 cm³/mol. The number of hydrogen-bond acceptors (Lipinski definition) is 5. The van der Waals surface area contributed by atoms with Crippen LogP contribution >= 0.6 is 0 Å². The maximum absolute atomic E-state index is 12.8. The van der Waals surface area contributed by atoms with Crippen LogP contribution in [0.5, 0.6) is 5.75 Å². The van der Waals surface area contributed by atoms with Gasteiger partial charge in [-0.15, -0.1) is 0 Å². The first-order chi connectivity index (χ1) is 12.6. The van der Waals surface area contributed by atoms with Gasteiger partial charge in [0, 0.05) is 32.4 Å². The molecule has 0 atom stereocenters. The van der Waals surface area contributed by atoms with Gasteiger partial charge < -0.3 is 24.3 Å². The minimum atomic E-state index is -0.379. The van der Waals surface area contributed by atoms with Crippen molar-refractivity contribution < 1.29 is 19.1 Å². The number of pyridine rings is 1. The van der Waals surface area contributed by atoms with Crippen molar-refractivity contribution in [2.75, 3.05) is 39.9 Å². The lowest BCUT2D eigenvalue weighted by Gasteiger charge is -2.33. The Balaban J connectivity index is 1.80. The topological polar surface area (TPSA) is 91.9 Å². The van der Waals surface area contributed by atoms with Gasteiger partial charge in [-0.3, -0.25) is 9.59 Å². The fourth-order valence-corrected chi connectivity index (χ4v) is 3.03. The molecule has 1 N–H and O–H groups in total. The van der Waals surface area contributed by atoms with Crippen molar-refractivity contribution in [2.45, 2.75) is 6.92 Å². The van der Waals surface area contributed by atoms with E-state index in [0.29, 0.717) is 49.4 Å². The summed E-state index contributed by atoms with van der Waals surface area (Å²) in [5.74, 6) is 0.195. The van der Waals surface area contributed by atoms with Gasteiger partial charge in [-0.25, -0.2) is 4.79 Å². The van der Waals surface area contributed by atoms with Crippen LogP contribution in [0.2, 0.25) is 0 Å². The summed E-state index contributed by atoms with van der Waals surface area (Å²) in [7, 11) is 1.52. The fourth-order valence-electron chi connectivity index (χ4n) is 3.03. The summed E-state index contributed by atoms with van der Waals surface area (Å²) in [6, 6.07) is 5.11. The highest BCUT2D eigenvalue weighted by molar-refractivity contribution is 5.98. The Morgan fingerprint density at radius 1 is 1.15 bits per heavy atom. The van der Waals surface area contributed by atoms with Crippen LogP contribution in [-0.2, 0) is 4.74 Å². The molecule has 2 amide bonds. The first kappa shape index (κ1) is 17.8. The molecule has 1 fully saturated rings. The second kappa shape index (κ2) is 7.47. The number of amides is 2. The number of aromatic nitrogens is 1. The van der Waals surface area contributed by atoms with Crippen molar-refractivity contribution in [3.8, 4) is 5.75 Å². The molecule has 0 bridgehead atoms. The van der Waals surface area contributed by atoms with Crippen LogP contribution in [-0.4, -0.2) is 66.7 Å². The van der Waals surface area contributed by atoms with E-state index >= 15 is 0 Å². The third kappa shape index (κ3) is 3.22. The number of carbonyl (C=O) groups excluding carboxylic acids is 2. The Kier molecular flexibility index (Phi) is 5.11. The van der Waals surface area contributed by atoms with Crippen LogP contribution in [0.25, 0.3) is 10.9 Å². The standard InChI is InChI=1S/C18H21N3O5/c1-3-26-18(24)21-9-7-20(8-10-21)17(23)13-11-19-15-12(16(13)22)5-4-6-14(15)25-2/h4-6,11H,3,7-10H2,1-2H3,(H,19,22). The zero-order valence-corrected chi connectivity index (χ0v) is 14.8. The molecule has 8 nitrogen and oxygen atoms in total. The lowest BCUT2D eigenvalue weighted by atomic mass is 10.1. The Labute approximate surface area is 150 Å². The quantitative estimate of drug-likeness (QED) is 0.896. The molecular formula is C18H21N3O5. The predicted octanol–water partition coefficient (Wildman–Crippen LogP) is 1.45. The number of ether oxygens (including phenoxy) is 2. The van der Waals surface area contributed by atoms with E-state index in [2.05, 4.69) is 4.98 Å². The van der Waals surface area contributed by atoms with Crippen molar-refractivity contribution >= 4 is 22.9 Å². The molecule has 0 saturated carbocycles. The summed E-state index contributed by atoms with van der Waals surface area (Å²) in [5.41, 5.74) is 0.300. The van der Waals surface area contributed by atoms with Gasteiger partial charge in [0.05, 0.1) is 24.6 Å². The Bertz CT molecular complexity index is 884. The largest absolute Gasteiger partial charge is 0.495 e. The van der Waals surface area contributed by atoms with Crippen molar-refractivity contribution in [1.29, 1.82) is 0 Å². The summed E-state index contributed by atoms with van der Waals surface area (Å²) in [6.45, 7) is 3.53. The molecule has 0 spiro atoms. The molecule has 1 aromatic heterocycles. The third-order valence-corrected chi connectivity index (χ3v) is 4.42. The number of benzene rings is 1. The van der Waals surface area contributed by atoms with Gasteiger partial charge in [0.15, 0.2) is 0 Å². The van der Waals surface area contributed by atoms with Crippen molar-refractivity contribution in [2.24, 2.45) is 0 Å². The van der Waals surface area contributed by atoms with Gasteiger partial charge in [0.2, 0.25) is 5.43 Å². The van der Waals surface area contributed by atoms with Crippen molar-refractivity contribution in [1.82, 2.24) is 14.8 Å². The number of rotatable bonds is 3. The number of H-pyrrole nitrogens is 1. The minimum absolute atomic E-state index is 0.0790. The van der Waals surface area contributed by atoms with Crippen LogP contribution in [0, 0.1) is 0 Å². The molecule has 1 aromatic carbocycles. The third-order valence-electron chi connectivity index (χ3n) is 4.42. The second-order valence-corrected chi connectivity index (χ2v) is 5.89. The van der Waals surface area contributed by atoms with Crippen molar-refractivity contribution in [3.05, 3.63) is 40.2 Å². The van der Waals surface area contributed by atoms with E-state index in [-0.39, 0.29) is 23.0 Å². The van der Waals surface area contributed by atoms with E-state index in [9.17, 15) is 14.4 Å². The molecule has 1 aliphatic heterocycles. The molecule has 0 aliphatic carbocycles. The Morgan fingerprint density at radius 2 is 1.85 bits per heavy atom. The molecule has 138 valence electrons. The lowest BCUT2D eigenvalue weighted by molar-refractivity contribution is 0.0569. The average Bonchev–Trinajstić information content (AvgIpc) is 2.68. The molecule has 0 unspecified atom stereocenters. The molecule has 0 radical (unpaired) electrons. The lowest BCUT2D eigenvalue weighted by Crippen LogP contribution is -2.51. The van der Waals surface area contributed by atoms with Crippen LogP contribution in [0.4, 0.5) is 4.79 Å². The van der Waals surface area contributed by atoms with Crippen LogP contribution < -0.4 is 10.2 Å². The summed E-state index contributed by atoms with van der Waals surface area (Å²) in [5, 5.41) is 0.403. The number of hydrogen-bond donors (Lipinski definition) is 1. The van der Waals surface area contributed by atoms with E-state index in [0.717, 1.165) is 0 Å². The molecule has 1 saturated heterocycles. The molecule has 2 aromatic rings. The zero-order chi connectivity index (χ0) is 18.7. The maximum atomic E-state index is 12.8. The summed E-state index contributed by atoms with van der Waals surface area (Å²) < 4.78 is 10.2. The normalized spacial score (nSPS) is 14.4. The smallest absolute Gasteiger partial charge is 0.409 e. The van der Waals surface area contributed by atoms with Gasteiger partial charge in [0.25, 0.3) is 5.91 Å². The van der Waals surface area contributed by atoms with Gasteiger partial charge in [-0.05, 0) is 19.1 Å².